The number of ether oxygens (including phenoxy) is 2. The van der Waals surface area contributed by atoms with Gasteiger partial charge in [-0.3, -0.25) is 9.59 Å². The first-order chi connectivity index (χ1) is 13.9. The number of fused-ring (bicyclic) bond motifs is 1. The summed E-state index contributed by atoms with van der Waals surface area (Å²) in [5, 5.41) is 0. The molecule has 0 bridgehead atoms. The molecule has 4 rings (SSSR count). The van der Waals surface area contributed by atoms with Gasteiger partial charge in [-0.25, -0.2) is 0 Å². The molecule has 3 aromatic rings. The van der Waals surface area contributed by atoms with Crippen LogP contribution in [-0.4, -0.2) is 18.2 Å². The van der Waals surface area contributed by atoms with Gasteiger partial charge in [-0.1, -0.05) is 28.1 Å². The van der Waals surface area contributed by atoms with E-state index in [9.17, 15) is 9.59 Å². The van der Waals surface area contributed by atoms with Crippen LogP contribution < -0.4 is 9.47 Å². The molecular formula is C23H17BrO5. The third-order valence-electron chi connectivity index (χ3n) is 4.51. The Labute approximate surface area is 176 Å². The zero-order chi connectivity index (χ0) is 20.5. The molecule has 5 nitrogen and oxygen atoms in total. The van der Waals surface area contributed by atoms with Crippen molar-refractivity contribution >= 4 is 33.6 Å². The molecule has 0 atom stereocenters. The van der Waals surface area contributed by atoms with Crippen molar-refractivity contribution in [1.82, 2.24) is 0 Å². The number of hydrogen-bond donors (Lipinski definition) is 0. The molecule has 0 N–H and O–H groups in total. The molecule has 1 aliphatic rings. The van der Waals surface area contributed by atoms with E-state index in [1.54, 1.807) is 48.5 Å². The van der Waals surface area contributed by atoms with Gasteiger partial charge < -0.3 is 13.9 Å². The average molecular weight is 453 g/mol. The van der Waals surface area contributed by atoms with Gasteiger partial charge in [-0.05, 0) is 49.7 Å². The second-order valence-electron chi connectivity index (χ2n) is 6.72. The van der Waals surface area contributed by atoms with Gasteiger partial charge in [-0.15, -0.1) is 0 Å². The van der Waals surface area contributed by atoms with Crippen LogP contribution in [0.1, 0.15) is 37.8 Å². The zero-order valence-electron chi connectivity index (χ0n) is 15.8. The lowest BCUT2D eigenvalue weighted by Gasteiger charge is -2.09. The molecular weight excluding hydrogens is 436 g/mol. The van der Waals surface area contributed by atoms with Crippen LogP contribution >= 0.6 is 15.9 Å². The predicted molar refractivity (Wildman–Crippen MR) is 112 cm³/mol. The molecule has 1 aliphatic heterocycles. The lowest BCUT2D eigenvalue weighted by atomic mass is 10.0. The van der Waals surface area contributed by atoms with E-state index in [4.69, 9.17) is 13.9 Å². The van der Waals surface area contributed by atoms with Crippen molar-refractivity contribution in [2.24, 2.45) is 0 Å². The maximum absolute atomic E-state index is 12.7. The minimum absolute atomic E-state index is 0.109. The van der Waals surface area contributed by atoms with Crippen LogP contribution in [0.5, 0.6) is 11.5 Å². The third-order valence-corrected chi connectivity index (χ3v) is 5.04. The molecule has 29 heavy (non-hydrogen) atoms. The zero-order valence-corrected chi connectivity index (χ0v) is 17.4. The highest BCUT2D eigenvalue weighted by Gasteiger charge is 2.30. The van der Waals surface area contributed by atoms with Crippen molar-refractivity contribution in [2.75, 3.05) is 6.61 Å². The number of furan rings is 1. The maximum atomic E-state index is 12.7. The number of carbonyl (C=O) groups is 2. The van der Waals surface area contributed by atoms with Crippen LogP contribution in [0.3, 0.4) is 0 Å². The predicted octanol–water partition coefficient (Wildman–Crippen LogP) is 5.54. The summed E-state index contributed by atoms with van der Waals surface area (Å²) in [6.07, 6.45) is 1.58. The van der Waals surface area contributed by atoms with Crippen LogP contribution in [0.25, 0.3) is 6.08 Å². The van der Waals surface area contributed by atoms with E-state index in [1.165, 1.54) is 0 Å². The van der Waals surface area contributed by atoms with Gasteiger partial charge in [0.25, 0.3) is 0 Å². The second-order valence-corrected chi connectivity index (χ2v) is 7.64. The van der Waals surface area contributed by atoms with Crippen LogP contribution in [-0.2, 0) is 0 Å². The normalized spacial score (nSPS) is 14.0. The summed E-state index contributed by atoms with van der Waals surface area (Å²) < 4.78 is 17.8. The fraction of sp³-hybridized carbons (Fsp3) is 0.130. The van der Waals surface area contributed by atoms with Gasteiger partial charge in [0, 0.05) is 22.2 Å². The monoisotopic (exact) mass is 452 g/mol. The Morgan fingerprint density at radius 1 is 1.10 bits per heavy atom. The summed E-state index contributed by atoms with van der Waals surface area (Å²) in [4.78, 5) is 25.0. The van der Waals surface area contributed by atoms with E-state index < -0.39 is 0 Å². The SMILES string of the molecule is Cc1ccc(/C=C2\Oc3cc(OCC(=O)c4ccc(Br)cc4)cc(C)c3C2=O)o1. The highest BCUT2D eigenvalue weighted by Crippen LogP contribution is 2.37. The average Bonchev–Trinajstić information content (AvgIpc) is 3.23. The van der Waals surface area contributed by atoms with Crippen LogP contribution in [0.4, 0.5) is 0 Å². The van der Waals surface area contributed by atoms with Gasteiger partial charge in [0.2, 0.25) is 5.78 Å². The first kappa shape index (κ1) is 19.2. The Bertz CT molecular complexity index is 1140. The van der Waals surface area contributed by atoms with E-state index in [-0.39, 0.29) is 23.9 Å². The molecule has 0 amide bonds. The Morgan fingerprint density at radius 3 is 2.55 bits per heavy atom. The number of halogens is 1. The highest BCUT2D eigenvalue weighted by atomic mass is 79.9. The molecule has 0 saturated carbocycles. The number of hydrogen-bond acceptors (Lipinski definition) is 5. The smallest absolute Gasteiger partial charge is 0.232 e. The summed E-state index contributed by atoms with van der Waals surface area (Å²) in [5.74, 6) is 2.03. The van der Waals surface area contributed by atoms with E-state index in [0.29, 0.717) is 28.4 Å². The molecule has 2 aromatic carbocycles. The van der Waals surface area contributed by atoms with E-state index >= 15 is 0 Å². The fourth-order valence-corrected chi connectivity index (χ4v) is 3.35. The minimum Gasteiger partial charge on any atom is -0.485 e. The van der Waals surface area contributed by atoms with Gasteiger partial charge in [0.15, 0.2) is 18.1 Å². The van der Waals surface area contributed by atoms with E-state index in [0.717, 1.165) is 15.8 Å². The third kappa shape index (κ3) is 4.03. The number of allylic oxidation sites excluding steroid dienone is 1. The number of carbonyl (C=O) groups excluding carboxylic acids is 2. The van der Waals surface area contributed by atoms with Crippen molar-refractivity contribution in [3.63, 3.8) is 0 Å². The summed E-state index contributed by atoms with van der Waals surface area (Å²) in [5.41, 5.74) is 1.78. The summed E-state index contributed by atoms with van der Waals surface area (Å²) in [7, 11) is 0. The van der Waals surface area contributed by atoms with Crippen LogP contribution in [0.15, 0.2) is 63.2 Å². The lowest BCUT2D eigenvalue weighted by molar-refractivity contribution is 0.0920. The molecule has 0 fully saturated rings. The van der Waals surface area contributed by atoms with Crippen molar-refractivity contribution in [2.45, 2.75) is 13.8 Å². The summed E-state index contributed by atoms with van der Waals surface area (Å²) in [6, 6.07) is 14.0. The van der Waals surface area contributed by atoms with Gasteiger partial charge in [-0.2, -0.15) is 0 Å². The largest absolute Gasteiger partial charge is 0.485 e. The second kappa shape index (κ2) is 7.72. The minimum atomic E-state index is -0.205. The molecule has 146 valence electrons. The first-order valence-corrected chi connectivity index (χ1v) is 9.77. The number of rotatable bonds is 5. The Hall–Kier alpha value is -3.12. The van der Waals surface area contributed by atoms with Crippen molar-refractivity contribution < 1.29 is 23.5 Å². The molecule has 0 spiro atoms. The number of Topliss-reactive ketones (excluding diaryl/α,β-unsaturated/α-hetero) is 2. The standard InChI is InChI=1S/C23H17BrO5/c1-13-9-18(27-12-19(25)15-4-6-16(24)7-5-15)11-20-22(13)23(26)21(29-20)10-17-8-3-14(2)28-17/h3-11H,12H2,1-2H3/b21-10-. The van der Waals surface area contributed by atoms with Crippen LogP contribution in [0.2, 0.25) is 0 Å². The Kier molecular flexibility index (Phi) is 5.11. The Morgan fingerprint density at radius 2 is 1.86 bits per heavy atom. The number of benzene rings is 2. The fourth-order valence-electron chi connectivity index (χ4n) is 3.09. The molecule has 0 radical (unpaired) electrons. The molecule has 1 aromatic heterocycles. The Balaban J connectivity index is 1.51. The molecule has 0 aliphatic carbocycles. The van der Waals surface area contributed by atoms with Crippen molar-refractivity contribution in [3.05, 3.63) is 87.0 Å². The van der Waals surface area contributed by atoms with Gasteiger partial charge in [0.1, 0.15) is 23.0 Å². The number of aryl methyl sites for hydroxylation is 2. The van der Waals surface area contributed by atoms with E-state index in [2.05, 4.69) is 15.9 Å². The molecule has 0 unspecified atom stereocenters. The van der Waals surface area contributed by atoms with Crippen LogP contribution in [0, 0.1) is 13.8 Å². The summed E-state index contributed by atoms with van der Waals surface area (Å²) >= 11 is 3.34. The molecule has 0 saturated heterocycles. The van der Waals surface area contributed by atoms with E-state index in [1.807, 2.05) is 19.9 Å². The molecule has 6 heteroatoms. The first-order valence-electron chi connectivity index (χ1n) is 8.97. The maximum Gasteiger partial charge on any atom is 0.232 e. The topological polar surface area (TPSA) is 65.7 Å². The van der Waals surface area contributed by atoms with Gasteiger partial charge in [0.05, 0.1) is 5.56 Å². The summed E-state index contributed by atoms with van der Waals surface area (Å²) in [6.45, 7) is 3.53. The number of ketones is 2. The molecule has 2 heterocycles. The lowest BCUT2D eigenvalue weighted by Crippen LogP contribution is -2.11. The van der Waals surface area contributed by atoms with Gasteiger partial charge >= 0.3 is 0 Å². The van der Waals surface area contributed by atoms with Crippen molar-refractivity contribution in [3.8, 4) is 11.5 Å². The highest BCUT2D eigenvalue weighted by molar-refractivity contribution is 9.10. The van der Waals surface area contributed by atoms with Crippen molar-refractivity contribution in [1.29, 1.82) is 0 Å². The quantitative estimate of drug-likeness (QED) is 0.375.